The number of hydrogen-bond acceptors (Lipinski definition) is 9. The van der Waals surface area contributed by atoms with Crippen molar-refractivity contribution in [2.24, 2.45) is 11.8 Å². The number of nitrogens with zero attached hydrogens (tertiary/aromatic N) is 5. The summed E-state index contributed by atoms with van der Waals surface area (Å²) in [6, 6.07) is 3.11. The summed E-state index contributed by atoms with van der Waals surface area (Å²) in [4.78, 5) is 36.0. The van der Waals surface area contributed by atoms with Crippen LogP contribution in [0.3, 0.4) is 0 Å². The van der Waals surface area contributed by atoms with E-state index in [1.165, 1.54) is 16.8 Å². The molecule has 2 saturated carbocycles. The number of aromatic nitrogens is 4. The molecule has 1 aliphatic heterocycles. The van der Waals surface area contributed by atoms with Gasteiger partial charge in [-0.2, -0.15) is 5.10 Å². The Labute approximate surface area is 231 Å². The van der Waals surface area contributed by atoms with Crippen molar-refractivity contribution in [3.05, 3.63) is 47.7 Å². The van der Waals surface area contributed by atoms with Gasteiger partial charge in [-0.3, -0.25) is 0 Å². The molecule has 0 spiro atoms. The van der Waals surface area contributed by atoms with Crippen LogP contribution in [-0.2, 0) is 9.47 Å². The molecule has 0 aromatic carbocycles. The zero-order valence-electron chi connectivity index (χ0n) is 23.0. The second kappa shape index (κ2) is 9.60. The molecule has 1 saturated heterocycles. The van der Waals surface area contributed by atoms with Gasteiger partial charge in [0.2, 0.25) is 5.88 Å². The molecular weight excluding hydrogens is 519 g/mol. The first-order valence-corrected chi connectivity index (χ1v) is 13.6. The molecule has 4 heterocycles. The summed E-state index contributed by atoms with van der Waals surface area (Å²) >= 11 is 0. The van der Waals surface area contributed by atoms with E-state index >= 15 is 0 Å². The number of carbonyl (C=O) groups excluding carboxylic acids is 2. The highest BCUT2D eigenvalue weighted by atomic mass is 19.1. The summed E-state index contributed by atoms with van der Waals surface area (Å²) in [5.41, 5.74) is 0.176. The Bertz CT molecular complexity index is 1470. The molecule has 212 valence electrons. The highest BCUT2D eigenvalue weighted by Gasteiger charge is 2.55. The molecule has 2 aliphatic carbocycles. The average Bonchev–Trinajstić information content (AvgIpc) is 3.75. The van der Waals surface area contributed by atoms with Gasteiger partial charge in [-0.15, -0.1) is 0 Å². The molecular formula is C28H33FN6O5. The van der Waals surface area contributed by atoms with Crippen LogP contribution in [0.1, 0.15) is 68.9 Å². The lowest BCUT2D eigenvalue weighted by atomic mass is 10.0. The van der Waals surface area contributed by atoms with Gasteiger partial charge in [-0.05, 0) is 70.9 Å². The summed E-state index contributed by atoms with van der Waals surface area (Å²) in [5, 5.41) is 7.16. The molecule has 0 radical (unpaired) electrons. The van der Waals surface area contributed by atoms with Crippen molar-refractivity contribution in [3.8, 4) is 5.88 Å². The van der Waals surface area contributed by atoms with Crippen LogP contribution in [0.25, 0.3) is 5.65 Å². The molecule has 3 aromatic heterocycles. The molecule has 3 aromatic rings. The maximum absolute atomic E-state index is 14.6. The number of ether oxygens (including phenoxy) is 3. The lowest BCUT2D eigenvalue weighted by Gasteiger charge is -2.30. The molecule has 11 nitrogen and oxygen atoms in total. The van der Waals surface area contributed by atoms with E-state index in [1.807, 2.05) is 26.8 Å². The van der Waals surface area contributed by atoms with Crippen LogP contribution < -0.4 is 15.0 Å². The molecule has 6 rings (SSSR count). The van der Waals surface area contributed by atoms with E-state index in [0.29, 0.717) is 34.7 Å². The predicted octanol–water partition coefficient (Wildman–Crippen LogP) is 4.07. The minimum Gasteiger partial charge on any atom is -0.475 e. The Balaban J connectivity index is 1.26. The summed E-state index contributed by atoms with van der Waals surface area (Å²) in [5.74, 6) is 0.783. The highest BCUT2D eigenvalue weighted by Crippen LogP contribution is 2.58. The first kappa shape index (κ1) is 26.3. The maximum atomic E-state index is 14.6. The first-order chi connectivity index (χ1) is 19.1. The lowest BCUT2D eigenvalue weighted by Crippen LogP contribution is -2.44. The highest BCUT2D eigenvalue weighted by molar-refractivity contribution is 5.95. The smallest absolute Gasteiger partial charge is 0.408 e. The van der Waals surface area contributed by atoms with Crippen molar-refractivity contribution in [3.63, 3.8) is 0 Å². The largest absolute Gasteiger partial charge is 0.475 e. The number of alkyl carbamates (subject to hydrolysis) is 1. The third-order valence-electron chi connectivity index (χ3n) is 7.56. The second-order valence-electron chi connectivity index (χ2n) is 11.8. The Hall–Kier alpha value is -3.96. The molecule has 3 unspecified atom stereocenters. The van der Waals surface area contributed by atoms with E-state index in [9.17, 15) is 14.0 Å². The van der Waals surface area contributed by atoms with E-state index in [-0.39, 0.29) is 24.8 Å². The summed E-state index contributed by atoms with van der Waals surface area (Å²) in [6.45, 7) is 8.36. The number of rotatable bonds is 8. The SMILES string of the molecule is CCOC(=O)c1cnn2ccc(N3CC4CC4C3c3cc(F)cnc3OCC3(NC(=O)OC(C)(C)C)CC3)nc12. The third kappa shape index (κ3) is 5.14. The number of halogens is 1. The second-order valence-corrected chi connectivity index (χ2v) is 11.8. The van der Waals surface area contributed by atoms with Gasteiger partial charge in [0.05, 0.1) is 30.6 Å². The number of esters is 1. The molecule has 1 N–H and O–H groups in total. The Morgan fingerprint density at radius 3 is 2.77 bits per heavy atom. The normalized spacial score (nSPS) is 22.5. The number of anilines is 1. The Morgan fingerprint density at radius 1 is 1.25 bits per heavy atom. The molecule has 1 amide bonds. The van der Waals surface area contributed by atoms with Crippen LogP contribution in [0.4, 0.5) is 15.0 Å². The lowest BCUT2D eigenvalue weighted by molar-refractivity contribution is 0.0473. The summed E-state index contributed by atoms with van der Waals surface area (Å²) < 4.78 is 32.9. The average molecular weight is 553 g/mol. The van der Waals surface area contributed by atoms with Crippen LogP contribution in [0.5, 0.6) is 5.88 Å². The number of nitrogens with one attached hydrogen (secondary N) is 1. The van der Waals surface area contributed by atoms with Crippen LogP contribution >= 0.6 is 0 Å². The third-order valence-corrected chi connectivity index (χ3v) is 7.56. The van der Waals surface area contributed by atoms with Crippen LogP contribution in [0.15, 0.2) is 30.7 Å². The van der Waals surface area contributed by atoms with E-state index < -0.39 is 29.0 Å². The van der Waals surface area contributed by atoms with E-state index in [2.05, 4.69) is 20.3 Å². The summed E-state index contributed by atoms with van der Waals surface area (Å²) in [6.07, 6.45) is 6.37. The van der Waals surface area contributed by atoms with E-state index in [4.69, 9.17) is 19.2 Å². The van der Waals surface area contributed by atoms with Gasteiger partial charge in [0.1, 0.15) is 29.4 Å². The zero-order chi connectivity index (χ0) is 28.2. The van der Waals surface area contributed by atoms with E-state index in [0.717, 1.165) is 32.0 Å². The van der Waals surface area contributed by atoms with Crippen molar-refractivity contribution in [1.29, 1.82) is 0 Å². The van der Waals surface area contributed by atoms with E-state index in [1.54, 1.807) is 13.1 Å². The fraction of sp³-hybridized carbons (Fsp3) is 0.536. The number of pyridine rings is 1. The van der Waals surface area contributed by atoms with Crippen molar-refractivity contribution >= 4 is 23.5 Å². The Kier molecular flexibility index (Phi) is 6.30. The monoisotopic (exact) mass is 552 g/mol. The van der Waals surface area contributed by atoms with Crippen molar-refractivity contribution in [2.75, 3.05) is 24.7 Å². The zero-order valence-corrected chi connectivity index (χ0v) is 23.0. The molecule has 0 bridgehead atoms. The fourth-order valence-electron chi connectivity index (χ4n) is 5.43. The van der Waals surface area contributed by atoms with Gasteiger partial charge in [-0.25, -0.2) is 28.5 Å². The number of hydrogen-bond donors (Lipinski definition) is 1. The van der Waals surface area contributed by atoms with Gasteiger partial charge < -0.3 is 24.4 Å². The molecule has 12 heteroatoms. The van der Waals surface area contributed by atoms with Crippen molar-refractivity contribution in [1.82, 2.24) is 24.9 Å². The number of fused-ring (bicyclic) bond motifs is 2. The number of carbonyl (C=O) groups is 2. The fourth-order valence-corrected chi connectivity index (χ4v) is 5.43. The maximum Gasteiger partial charge on any atom is 0.408 e. The van der Waals surface area contributed by atoms with Gasteiger partial charge >= 0.3 is 12.1 Å². The number of amides is 1. The summed E-state index contributed by atoms with van der Waals surface area (Å²) in [7, 11) is 0. The van der Waals surface area contributed by atoms with Crippen LogP contribution in [0.2, 0.25) is 0 Å². The van der Waals surface area contributed by atoms with Gasteiger partial charge in [0, 0.05) is 18.3 Å². The van der Waals surface area contributed by atoms with Crippen molar-refractivity contribution in [2.45, 2.75) is 64.1 Å². The van der Waals surface area contributed by atoms with Gasteiger partial charge in [-0.1, -0.05) is 0 Å². The standard InChI is InChI=1S/C28H33FN6O5/c1-5-38-25(36)20-13-31-35-9-6-21(32-23(20)35)34-14-16-10-18(16)22(34)19-11-17(29)12-30-24(19)39-15-28(7-8-28)33-26(37)40-27(2,3)4/h6,9,11-13,16,18,22H,5,7-8,10,14-15H2,1-4H3,(H,33,37). The number of piperidine rings is 1. The quantitative estimate of drug-likeness (QED) is 0.412. The molecule has 3 atom stereocenters. The van der Waals surface area contributed by atoms with Gasteiger partial charge in [0.25, 0.3) is 0 Å². The topological polar surface area (TPSA) is 120 Å². The van der Waals surface area contributed by atoms with Crippen molar-refractivity contribution < 1.29 is 28.2 Å². The minimum absolute atomic E-state index is 0.196. The van der Waals surface area contributed by atoms with Crippen LogP contribution in [0, 0.1) is 17.7 Å². The minimum atomic E-state index is -0.607. The first-order valence-electron chi connectivity index (χ1n) is 13.6. The van der Waals surface area contributed by atoms with Crippen LogP contribution in [-0.4, -0.2) is 62.5 Å². The molecule has 40 heavy (non-hydrogen) atoms. The molecule has 3 aliphatic rings. The predicted molar refractivity (Wildman–Crippen MR) is 142 cm³/mol. The molecule has 3 fully saturated rings. The van der Waals surface area contributed by atoms with Gasteiger partial charge in [0.15, 0.2) is 5.65 Å². The Morgan fingerprint density at radius 2 is 2.05 bits per heavy atom.